The van der Waals surface area contributed by atoms with Crippen molar-refractivity contribution in [1.82, 2.24) is 20.3 Å². The van der Waals surface area contributed by atoms with Gasteiger partial charge in [0.15, 0.2) is 4.60 Å². The second-order valence-electron chi connectivity index (χ2n) is 4.87. The van der Waals surface area contributed by atoms with Crippen LogP contribution in [0.5, 0.6) is 0 Å². The quantitative estimate of drug-likeness (QED) is 0.909. The fraction of sp³-hybridized carbons (Fsp3) is 0.429. The minimum atomic E-state index is 0.0746. The van der Waals surface area contributed by atoms with E-state index in [9.17, 15) is 0 Å². The lowest BCUT2D eigenvalue weighted by atomic mass is 10.0. The zero-order valence-corrected chi connectivity index (χ0v) is 13.8. The van der Waals surface area contributed by atoms with Gasteiger partial charge >= 0.3 is 0 Å². The molecule has 1 aromatic carbocycles. The van der Waals surface area contributed by atoms with Crippen molar-refractivity contribution in [2.45, 2.75) is 13.0 Å². The second kappa shape index (κ2) is 6.37. The first-order valence-electron chi connectivity index (χ1n) is 6.60. The van der Waals surface area contributed by atoms with Crippen LogP contribution in [0.4, 0.5) is 5.69 Å². The zero-order valence-electron chi connectivity index (χ0n) is 12.3. The van der Waals surface area contributed by atoms with E-state index in [1.807, 2.05) is 21.1 Å². The van der Waals surface area contributed by atoms with Gasteiger partial charge in [-0.2, -0.15) is 0 Å². The van der Waals surface area contributed by atoms with Crippen LogP contribution in [-0.2, 0) is 7.05 Å². The molecule has 0 aliphatic heterocycles. The minimum Gasteiger partial charge on any atom is -0.378 e. The van der Waals surface area contributed by atoms with Gasteiger partial charge in [-0.25, -0.2) is 4.68 Å². The summed E-state index contributed by atoms with van der Waals surface area (Å²) >= 11 is 3.48. The van der Waals surface area contributed by atoms with Crippen molar-refractivity contribution in [2.24, 2.45) is 7.05 Å². The Balaban J connectivity index is 2.38. The van der Waals surface area contributed by atoms with Crippen LogP contribution in [0.25, 0.3) is 0 Å². The van der Waals surface area contributed by atoms with E-state index in [0.29, 0.717) is 0 Å². The highest BCUT2D eigenvalue weighted by molar-refractivity contribution is 9.10. The molecule has 20 heavy (non-hydrogen) atoms. The molecule has 108 valence electrons. The molecule has 0 saturated heterocycles. The van der Waals surface area contributed by atoms with Crippen molar-refractivity contribution < 1.29 is 0 Å². The summed E-state index contributed by atoms with van der Waals surface area (Å²) in [6, 6.07) is 8.60. The summed E-state index contributed by atoms with van der Waals surface area (Å²) in [6.45, 7) is 2.97. The smallest absolute Gasteiger partial charge is 0.153 e. The number of aromatic nitrogens is 3. The lowest BCUT2D eigenvalue weighted by Crippen LogP contribution is -2.24. The van der Waals surface area contributed by atoms with E-state index in [1.54, 1.807) is 4.68 Å². The summed E-state index contributed by atoms with van der Waals surface area (Å²) in [6.07, 6.45) is 0. The lowest BCUT2D eigenvalue weighted by Gasteiger charge is -2.20. The third kappa shape index (κ3) is 3.02. The van der Waals surface area contributed by atoms with Crippen molar-refractivity contribution in [3.63, 3.8) is 0 Å². The van der Waals surface area contributed by atoms with Crippen LogP contribution in [0.3, 0.4) is 0 Å². The van der Waals surface area contributed by atoms with Crippen molar-refractivity contribution in [3.8, 4) is 0 Å². The first kappa shape index (κ1) is 15.0. The predicted molar refractivity (Wildman–Crippen MR) is 85.0 cm³/mol. The second-order valence-corrected chi connectivity index (χ2v) is 5.62. The third-order valence-electron chi connectivity index (χ3n) is 3.25. The van der Waals surface area contributed by atoms with Crippen LogP contribution < -0.4 is 10.2 Å². The molecule has 0 aliphatic rings. The number of hydrogen-bond donors (Lipinski definition) is 1. The summed E-state index contributed by atoms with van der Waals surface area (Å²) in [5.41, 5.74) is 3.42. The van der Waals surface area contributed by atoms with Crippen LogP contribution in [-0.4, -0.2) is 35.6 Å². The monoisotopic (exact) mass is 337 g/mol. The molecular weight excluding hydrogens is 318 g/mol. The fourth-order valence-corrected chi connectivity index (χ4v) is 2.74. The van der Waals surface area contributed by atoms with Gasteiger partial charge in [0.1, 0.15) is 0 Å². The molecule has 0 radical (unpaired) electrons. The summed E-state index contributed by atoms with van der Waals surface area (Å²) in [5.74, 6) is 0. The van der Waals surface area contributed by atoms with Gasteiger partial charge in [-0.15, -0.1) is 5.10 Å². The van der Waals surface area contributed by atoms with E-state index in [1.165, 1.54) is 11.3 Å². The molecule has 1 unspecified atom stereocenters. The van der Waals surface area contributed by atoms with Crippen molar-refractivity contribution in [2.75, 3.05) is 25.5 Å². The van der Waals surface area contributed by atoms with E-state index in [-0.39, 0.29) is 6.04 Å². The van der Waals surface area contributed by atoms with E-state index in [0.717, 1.165) is 16.8 Å². The molecule has 1 heterocycles. The highest BCUT2D eigenvalue weighted by Gasteiger charge is 2.21. The average molecular weight is 338 g/mol. The molecule has 6 heteroatoms. The SMILES string of the molecule is CCNC(c1ccc(N(C)C)cc1)c1c(Br)nnn1C. The number of anilines is 1. The van der Waals surface area contributed by atoms with Crippen LogP contribution in [0.1, 0.15) is 24.2 Å². The Kier molecular flexibility index (Phi) is 4.77. The van der Waals surface area contributed by atoms with Crippen LogP contribution >= 0.6 is 15.9 Å². The predicted octanol–water partition coefficient (Wildman–Crippen LogP) is 2.34. The summed E-state index contributed by atoms with van der Waals surface area (Å²) in [5, 5.41) is 11.6. The van der Waals surface area contributed by atoms with Crippen molar-refractivity contribution in [3.05, 3.63) is 40.1 Å². The Morgan fingerprint density at radius 3 is 2.40 bits per heavy atom. The molecule has 2 rings (SSSR count). The highest BCUT2D eigenvalue weighted by Crippen LogP contribution is 2.27. The summed E-state index contributed by atoms with van der Waals surface area (Å²) < 4.78 is 2.58. The molecule has 1 aromatic heterocycles. The molecule has 0 aliphatic carbocycles. The maximum absolute atomic E-state index is 4.07. The topological polar surface area (TPSA) is 46.0 Å². The Morgan fingerprint density at radius 1 is 1.30 bits per heavy atom. The molecule has 0 fully saturated rings. The number of benzene rings is 1. The Labute approximate surface area is 128 Å². The summed E-state index contributed by atoms with van der Waals surface area (Å²) in [4.78, 5) is 2.09. The van der Waals surface area contributed by atoms with Crippen molar-refractivity contribution in [1.29, 1.82) is 0 Å². The first-order valence-corrected chi connectivity index (χ1v) is 7.39. The molecule has 0 spiro atoms. The number of nitrogens with zero attached hydrogens (tertiary/aromatic N) is 4. The largest absolute Gasteiger partial charge is 0.378 e. The highest BCUT2D eigenvalue weighted by atomic mass is 79.9. The maximum Gasteiger partial charge on any atom is 0.153 e. The minimum absolute atomic E-state index is 0.0746. The van der Waals surface area contributed by atoms with Gasteiger partial charge in [0.05, 0.1) is 11.7 Å². The molecule has 2 aromatic rings. The Hall–Kier alpha value is -1.40. The molecule has 0 bridgehead atoms. The molecular formula is C14H20BrN5. The van der Waals surface area contributed by atoms with Gasteiger partial charge in [-0.3, -0.25) is 0 Å². The van der Waals surface area contributed by atoms with Crippen molar-refractivity contribution >= 4 is 21.6 Å². The van der Waals surface area contributed by atoms with E-state index in [4.69, 9.17) is 0 Å². The number of hydrogen-bond acceptors (Lipinski definition) is 4. The Morgan fingerprint density at radius 2 is 1.95 bits per heavy atom. The van der Waals surface area contributed by atoms with E-state index < -0.39 is 0 Å². The standard InChI is InChI=1S/C14H20BrN5/c1-5-16-12(13-14(15)17-18-20(13)4)10-6-8-11(9-7-10)19(2)3/h6-9,12,16H,5H2,1-4H3. The summed E-state index contributed by atoms with van der Waals surface area (Å²) in [7, 11) is 5.99. The van der Waals surface area contributed by atoms with Gasteiger partial charge < -0.3 is 10.2 Å². The normalized spacial score (nSPS) is 12.4. The van der Waals surface area contributed by atoms with Crippen LogP contribution in [0, 0.1) is 0 Å². The fourth-order valence-electron chi connectivity index (χ4n) is 2.19. The maximum atomic E-state index is 4.07. The average Bonchev–Trinajstić information content (AvgIpc) is 2.76. The number of nitrogens with one attached hydrogen (secondary N) is 1. The number of halogens is 1. The third-order valence-corrected chi connectivity index (χ3v) is 3.82. The molecule has 0 saturated carbocycles. The molecule has 0 amide bonds. The van der Waals surface area contributed by atoms with Gasteiger partial charge in [0, 0.05) is 26.8 Å². The van der Waals surface area contributed by atoms with Crippen LogP contribution in [0.15, 0.2) is 28.9 Å². The van der Waals surface area contributed by atoms with Gasteiger partial charge in [-0.1, -0.05) is 24.3 Å². The zero-order chi connectivity index (χ0) is 14.7. The van der Waals surface area contributed by atoms with E-state index >= 15 is 0 Å². The van der Waals surface area contributed by atoms with Crippen LogP contribution in [0.2, 0.25) is 0 Å². The van der Waals surface area contributed by atoms with E-state index in [2.05, 4.69) is 67.6 Å². The number of aryl methyl sites for hydroxylation is 1. The van der Waals surface area contributed by atoms with Gasteiger partial charge in [-0.05, 0) is 40.2 Å². The molecule has 5 nitrogen and oxygen atoms in total. The number of rotatable bonds is 5. The lowest BCUT2D eigenvalue weighted by molar-refractivity contribution is 0.567. The van der Waals surface area contributed by atoms with Gasteiger partial charge in [0.2, 0.25) is 0 Å². The molecule has 1 N–H and O–H groups in total. The Bertz CT molecular complexity index is 542. The van der Waals surface area contributed by atoms with Gasteiger partial charge in [0.25, 0.3) is 0 Å². The molecule has 1 atom stereocenters. The first-order chi connectivity index (χ1) is 9.54.